The molecule has 7 aromatic carbocycles. The quantitative estimate of drug-likeness (QED) is 0.183. The molecule has 5 nitrogen and oxygen atoms in total. The van der Waals surface area contributed by atoms with E-state index in [1.54, 1.807) is 0 Å². The lowest BCUT2D eigenvalue weighted by Gasteiger charge is -2.13. The van der Waals surface area contributed by atoms with Crippen LogP contribution in [0.15, 0.2) is 174 Å². The van der Waals surface area contributed by atoms with Crippen molar-refractivity contribution in [2.24, 2.45) is 0 Å². The van der Waals surface area contributed by atoms with E-state index in [0.29, 0.717) is 23.4 Å². The summed E-state index contributed by atoms with van der Waals surface area (Å²) in [4.78, 5) is 20.1. The van der Waals surface area contributed by atoms with Gasteiger partial charge in [0, 0.05) is 27.8 Å². The third-order valence-electron chi connectivity index (χ3n) is 8.81. The molecule has 0 saturated carbocycles. The van der Waals surface area contributed by atoms with E-state index in [4.69, 9.17) is 24.4 Å². The van der Waals surface area contributed by atoms with E-state index in [0.717, 1.165) is 60.8 Å². The van der Waals surface area contributed by atoms with Gasteiger partial charge < -0.3 is 4.42 Å². The fourth-order valence-corrected chi connectivity index (χ4v) is 6.38. The van der Waals surface area contributed by atoms with Gasteiger partial charge in [0.1, 0.15) is 5.52 Å². The maximum atomic E-state index is 6.23. The van der Waals surface area contributed by atoms with Crippen molar-refractivity contribution in [1.29, 1.82) is 0 Å². The number of oxazole rings is 1. The second-order valence-corrected chi connectivity index (χ2v) is 11.9. The molecule has 9 aromatic rings. The van der Waals surface area contributed by atoms with Crippen molar-refractivity contribution in [1.82, 2.24) is 19.9 Å². The maximum absolute atomic E-state index is 6.23. The van der Waals surface area contributed by atoms with Gasteiger partial charge in [-0.05, 0) is 51.7 Å². The first kappa shape index (κ1) is 28.5. The average molecular weight is 629 g/mol. The molecule has 230 valence electrons. The van der Waals surface area contributed by atoms with E-state index in [1.807, 2.05) is 78.9 Å². The number of nitrogens with zero attached hydrogens (tertiary/aromatic N) is 4. The molecule has 2 heterocycles. The van der Waals surface area contributed by atoms with Crippen molar-refractivity contribution in [2.75, 3.05) is 0 Å². The molecular weight excluding hydrogens is 601 g/mol. The van der Waals surface area contributed by atoms with E-state index in [-0.39, 0.29) is 0 Å². The number of rotatable bonds is 6. The summed E-state index contributed by atoms with van der Waals surface area (Å²) in [6.07, 6.45) is 0. The van der Waals surface area contributed by atoms with E-state index < -0.39 is 0 Å². The van der Waals surface area contributed by atoms with Crippen LogP contribution in [-0.4, -0.2) is 19.9 Å². The van der Waals surface area contributed by atoms with Gasteiger partial charge in [-0.1, -0.05) is 146 Å². The molecule has 9 rings (SSSR count). The first-order valence-electron chi connectivity index (χ1n) is 16.2. The van der Waals surface area contributed by atoms with E-state index in [9.17, 15) is 0 Å². The lowest BCUT2D eigenvalue weighted by Crippen LogP contribution is -2.00. The zero-order valence-electron chi connectivity index (χ0n) is 26.4. The van der Waals surface area contributed by atoms with Crippen molar-refractivity contribution in [3.05, 3.63) is 170 Å². The SMILES string of the molecule is c1ccc(-c2ccc(-c3nc(-c4ccccc4)nc(-c4ccc(-c5cccc6oc(-c7ccccc7)nc56)c5ccccc45)n3)cc2)cc1. The Morgan fingerprint density at radius 2 is 0.796 bits per heavy atom. The monoisotopic (exact) mass is 628 g/mol. The summed E-state index contributed by atoms with van der Waals surface area (Å²) in [7, 11) is 0. The van der Waals surface area contributed by atoms with Crippen LogP contribution in [0.3, 0.4) is 0 Å². The zero-order valence-corrected chi connectivity index (χ0v) is 26.4. The van der Waals surface area contributed by atoms with Crippen LogP contribution in [-0.2, 0) is 0 Å². The van der Waals surface area contributed by atoms with Gasteiger partial charge in [-0.3, -0.25) is 0 Å². The highest BCUT2D eigenvalue weighted by Gasteiger charge is 2.18. The predicted molar refractivity (Wildman–Crippen MR) is 198 cm³/mol. The normalized spacial score (nSPS) is 11.3. The van der Waals surface area contributed by atoms with Gasteiger partial charge in [-0.25, -0.2) is 19.9 Å². The number of hydrogen-bond acceptors (Lipinski definition) is 5. The molecule has 0 aliphatic heterocycles. The first-order chi connectivity index (χ1) is 24.3. The smallest absolute Gasteiger partial charge is 0.227 e. The minimum absolute atomic E-state index is 0.604. The van der Waals surface area contributed by atoms with Crippen molar-refractivity contribution < 1.29 is 4.42 Å². The Morgan fingerprint density at radius 3 is 1.47 bits per heavy atom. The van der Waals surface area contributed by atoms with E-state index >= 15 is 0 Å². The fraction of sp³-hybridized carbons (Fsp3) is 0. The molecule has 49 heavy (non-hydrogen) atoms. The maximum Gasteiger partial charge on any atom is 0.227 e. The molecule has 0 fully saturated rings. The van der Waals surface area contributed by atoms with Crippen LogP contribution in [0.5, 0.6) is 0 Å². The number of aromatic nitrogens is 4. The van der Waals surface area contributed by atoms with Crippen LogP contribution >= 0.6 is 0 Å². The zero-order chi connectivity index (χ0) is 32.6. The Hall–Kier alpha value is -6.72. The largest absolute Gasteiger partial charge is 0.436 e. The topological polar surface area (TPSA) is 64.7 Å². The van der Waals surface area contributed by atoms with Gasteiger partial charge in [0.25, 0.3) is 0 Å². The van der Waals surface area contributed by atoms with Gasteiger partial charge in [0.2, 0.25) is 5.89 Å². The third kappa shape index (κ3) is 5.33. The summed E-state index contributed by atoms with van der Waals surface area (Å²) >= 11 is 0. The molecule has 2 aromatic heterocycles. The van der Waals surface area contributed by atoms with Crippen LogP contribution in [0.25, 0.3) is 89.7 Å². The first-order valence-corrected chi connectivity index (χ1v) is 16.2. The van der Waals surface area contributed by atoms with Gasteiger partial charge in [-0.2, -0.15) is 0 Å². The van der Waals surface area contributed by atoms with Crippen molar-refractivity contribution in [3.63, 3.8) is 0 Å². The van der Waals surface area contributed by atoms with E-state index in [2.05, 4.69) is 91.0 Å². The highest BCUT2D eigenvalue weighted by atomic mass is 16.3. The summed E-state index contributed by atoms with van der Waals surface area (Å²) in [5.74, 6) is 2.47. The molecule has 0 radical (unpaired) electrons. The number of para-hydroxylation sites is 1. The summed E-state index contributed by atoms with van der Waals surface area (Å²) in [6, 6.07) is 57.6. The summed E-state index contributed by atoms with van der Waals surface area (Å²) in [5, 5.41) is 2.12. The Balaban J connectivity index is 1.19. The Labute approximate surface area is 283 Å². The highest BCUT2D eigenvalue weighted by molar-refractivity contribution is 6.08. The predicted octanol–water partition coefficient (Wildman–Crippen LogP) is 11.2. The Bertz CT molecular complexity index is 2580. The third-order valence-corrected chi connectivity index (χ3v) is 8.81. The fourth-order valence-electron chi connectivity index (χ4n) is 6.38. The lowest BCUT2D eigenvalue weighted by atomic mass is 9.94. The molecule has 0 spiro atoms. The summed E-state index contributed by atoms with van der Waals surface area (Å²) in [5.41, 5.74) is 9.68. The van der Waals surface area contributed by atoms with E-state index in [1.165, 1.54) is 5.56 Å². The second kappa shape index (κ2) is 12.1. The molecule has 0 N–H and O–H groups in total. The van der Waals surface area contributed by atoms with Crippen LogP contribution in [0.1, 0.15) is 0 Å². The average Bonchev–Trinajstić information content (AvgIpc) is 3.64. The molecule has 0 aliphatic rings. The molecule has 0 atom stereocenters. The molecule has 5 heteroatoms. The highest BCUT2D eigenvalue weighted by Crippen LogP contribution is 2.39. The van der Waals surface area contributed by atoms with Crippen molar-refractivity contribution in [3.8, 4) is 67.9 Å². The summed E-state index contributed by atoms with van der Waals surface area (Å²) < 4.78 is 6.23. The number of fused-ring (bicyclic) bond motifs is 2. The van der Waals surface area contributed by atoms with Gasteiger partial charge in [0.15, 0.2) is 23.1 Å². The van der Waals surface area contributed by atoms with Gasteiger partial charge in [0.05, 0.1) is 0 Å². The van der Waals surface area contributed by atoms with Gasteiger partial charge in [-0.15, -0.1) is 0 Å². The number of hydrogen-bond donors (Lipinski definition) is 0. The van der Waals surface area contributed by atoms with Crippen molar-refractivity contribution in [2.45, 2.75) is 0 Å². The Morgan fingerprint density at radius 1 is 0.306 bits per heavy atom. The van der Waals surface area contributed by atoms with Crippen molar-refractivity contribution >= 4 is 21.9 Å². The molecule has 0 bridgehead atoms. The number of benzene rings is 7. The van der Waals surface area contributed by atoms with Gasteiger partial charge >= 0.3 is 0 Å². The minimum atomic E-state index is 0.604. The second-order valence-electron chi connectivity index (χ2n) is 11.9. The van der Waals surface area contributed by atoms with Crippen LogP contribution in [0, 0.1) is 0 Å². The van der Waals surface area contributed by atoms with Crippen LogP contribution in [0.2, 0.25) is 0 Å². The Kier molecular flexibility index (Phi) is 7.06. The summed E-state index contributed by atoms with van der Waals surface area (Å²) in [6.45, 7) is 0. The van der Waals surface area contributed by atoms with Crippen LogP contribution < -0.4 is 0 Å². The lowest BCUT2D eigenvalue weighted by molar-refractivity contribution is 0.620. The molecule has 0 unspecified atom stereocenters. The minimum Gasteiger partial charge on any atom is -0.436 e. The molecule has 0 aliphatic carbocycles. The molecular formula is C44H28N4O. The standard InChI is InChI=1S/C44H28N4O/c1-4-13-29(14-5-1)30-23-25-32(26-24-30)42-46-41(31-15-6-2-7-16-31)47-43(48-42)38-28-27-36(34-19-10-11-20-35(34)38)37-21-12-22-39-40(37)45-44(49-39)33-17-8-3-9-18-33/h1-28H. The molecule has 0 amide bonds. The molecule has 0 saturated heterocycles. The van der Waals surface area contributed by atoms with Crippen LogP contribution in [0.4, 0.5) is 0 Å².